The number of halogens is 1. The lowest BCUT2D eigenvalue weighted by atomic mass is 10.1. The molecule has 3 rings (SSSR count). The molecule has 24 heavy (non-hydrogen) atoms. The predicted octanol–water partition coefficient (Wildman–Crippen LogP) is 4.20. The van der Waals surface area contributed by atoms with Crippen molar-refractivity contribution in [1.82, 2.24) is 9.78 Å². The number of hydrogen-bond donors (Lipinski definition) is 1. The zero-order valence-electron chi connectivity index (χ0n) is 13.3. The molecular weight excluding hydrogens is 370 g/mol. The van der Waals surface area contributed by atoms with E-state index in [4.69, 9.17) is 4.74 Å². The number of amides is 1. The highest BCUT2D eigenvalue weighted by atomic mass is 79.9. The number of rotatable bonds is 4. The molecule has 122 valence electrons. The van der Waals surface area contributed by atoms with E-state index in [2.05, 4.69) is 26.3 Å². The molecule has 0 spiro atoms. The fraction of sp³-hybridized carbons (Fsp3) is 0.111. The Balaban J connectivity index is 1.90. The van der Waals surface area contributed by atoms with Crippen molar-refractivity contribution in [3.05, 3.63) is 70.5 Å². The van der Waals surface area contributed by atoms with Gasteiger partial charge in [-0.1, -0.05) is 22.0 Å². The van der Waals surface area contributed by atoms with Crippen molar-refractivity contribution in [2.24, 2.45) is 0 Å². The lowest BCUT2D eigenvalue weighted by molar-refractivity contribution is 0.102. The van der Waals surface area contributed by atoms with Crippen molar-refractivity contribution in [1.29, 1.82) is 0 Å². The van der Waals surface area contributed by atoms with Crippen LogP contribution in [0, 0.1) is 6.92 Å². The Morgan fingerprint density at radius 2 is 2.08 bits per heavy atom. The van der Waals surface area contributed by atoms with Gasteiger partial charge in [0.15, 0.2) is 0 Å². The van der Waals surface area contributed by atoms with Crippen LogP contribution in [0.2, 0.25) is 0 Å². The minimum atomic E-state index is -0.201. The van der Waals surface area contributed by atoms with E-state index in [9.17, 15) is 4.79 Å². The first kappa shape index (κ1) is 16.3. The van der Waals surface area contributed by atoms with Crippen molar-refractivity contribution in [3.63, 3.8) is 0 Å². The van der Waals surface area contributed by atoms with Gasteiger partial charge in [0, 0.05) is 22.4 Å². The Morgan fingerprint density at radius 1 is 1.25 bits per heavy atom. The maximum atomic E-state index is 12.6. The molecule has 3 aromatic rings. The lowest BCUT2D eigenvalue weighted by Crippen LogP contribution is -2.14. The smallest absolute Gasteiger partial charge is 0.255 e. The van der Waals surface area contributed by atoms with Gasteiger partial charge in [0.1, 0.15) is 5.75 Å². The number of methoxy groups -OCH3 is 1. The summed E-state index contributed by atoms with van der Waals surface area (Å²) < 4.78 is 7.98. The maximum absolute atomic E-state index is 12.6. The van der Waals surface area contributed by atoms with Gasteiger partial charge in [-0.05, 0) is 48.9 Å². The molecule has 0 saturated carbocycles. The molecule has 2 aromatic carbocycles. The number of carbonyl (C=O) groups is 1. The lowest BCUT2D eigenvalue weighted by Gasteiger charge is -2.14. The summed E-state index contributed by atoms with van der Waals surface area (Å²) in [5.41, 5.74) is 2.95. The monoisotopic (exact) mass is 385 g/mol. The third-order valence-corrected chi connectivity index (χ3v) is 4.06. The summed E-state index contributed by atoms with van der Waals surface area (Å²) in [5.74, 6) is 0.409. The standard InChI is InChI=1S/C18H16BrN3O2/c1-12-9-14(19)11-16(24-2)17(12)21-18(23)13-5-3-6-15(10-13)22-8-4-7-20-22/h3-11H,1-2H3,(H,21,23). The third-order valence-electron chi connectivity index (χ3n) is 3.60. The number of nitrogens with zero attached hydrogens (tertiary/aromatic N) is 2. The number of hydrogen-bond acceptors (Lipinski definition) is 3. The average molecular weight is 386 g/mol. The predicted molar refractivity (Wildman–Crippen MR) is 96.9 cm³/mol. The van der Waals surface area contributed by atoms with Gasteiger partial charge >= 0.3 is 0 Å². The Bertz CT molecular complexity index is 876. The number of ether oxygens (including phenoxy) is 1. The van der Waals surface area contributed by atoms with Crippen LogP contribution in [-0.4, -0.2) is 22.8 Å². The number of nitrogens with one attached hydrogen (secondary N) is 1. The molecular formula is C18H16BrN3O2. The number of benzene rings is 2. The molecule has 1 heterocycles. The van der Waals surface area contributed by atoms with Crippen LogP contribution in [0.5, 0.6) is 5.75 Å². The highest BCUT2D eigenvalue weighted by molar-refractivity contribution is 9.10. The van der Waals surface area contributed by atoms with Crippen LogP contribution in [0.4, 0.5) is 5.69 Å². The van der Waals surface area contributed by atoms with Crippen molar-refractivity contribution < 1.29 is 9.53 Å². The number of carbonyl (C=O) groups excluding carboxylic acids is 1. The fourth-order valence-electron chi connectivity index (χ4n) is 2.43. The molecule has 1 N–H and O–H groups in total. The molecule has 0 fully saturated rings. The van der Waals surface area contributed by atoms with Gasteiger partial charge < -0.3 is 10.1 Å². The molecule has 1 amide bonds. The van der Waals surface area contributed by atoms with Crippen molar-refractivity contribution in [3.8, 4) is 11.4 Å². The van der Waals surface area contributed by atoms with Gasteiger partial charge in [-0.2, -0.15) is 5.10 Å². The van der Waals surface area contributed by atoms with Crippen LogP contribution in [0.25, 0.3) is 5.69 Å². The molecule has 5 nitrogen and oxygen atoms in total. The van der Waals surface area contributed by atoms with Crippen LogP contribution in [0.3, 0.4) is 0 Å². The molecule has 0 unspecified atom stereocenters. The third kappa shape index (κ3) is 3.33. The van der Waals surface area contributed by atoms with E-state index in [1.807, 2.05) is 43.5 Å². The number of anilines is 1. The average Bonchev–Trinajstić information content (AvgIpc) is 3.11. The first-order valence-electron chi connectivity index (χ1n) is 7.34. The molecule has 0 radical (unpaired) electrons. The Kier molecular flexibility index (Phi) is 4.66. The normalized spacial score (nSPS) is 10.5. The fourth-order valence-corrected chi connectivity index (χ4v) is 2.98. The quantitative estimate of drug-likeness (QED) is 0.731. The number of aromatic nitrogens is 2. The summed E-state index contributed by atoms with van der Waals surface area (Å²) in [6.07, 6.45) is 3.53. The zero-order valence-corrected chi connectivity index (χ0v) is 14.9. The Morgan fingerprint density at radius 3 is 2.79 bits per heavy atom. The summed E-state index contributed by atoms with van der Waals surface area (Å²) in [6, 6.07) is 12.9. The second-order valence-electron chi connectivity index (χ2n) is 5.26. The molecule has 6 heteroatoms. The van der Waals surface area contributed by atoms with Gasteiger partial charge in [-0.3, -0.25) is 4.79 Å². The minimum Gasteiger partial charge on any atom is -0.495 e. The second-order valence-corrected chi connectivity index (χ2v) is 6.17. The van der Waals surface area contributed by atoms with Crippen LogP contribution >= 0.6 is 15.9 Å². The minimum absolute atomic E-state index is 0.201. The second kappa shape index (κ2) is 6.88. The van der Waals surface area contributed by atoms with Gasteiger partial charge in [0.25, 0.3) is 5.91 Å². The van der Waals surface area contributed by atoms with Gasteiger partial charge in [-0.25, -0.2) is 4.68 Å². The molecule has 0 bridgehead atoms. The van der Waals surface area contributed by atoms with E-state index in [1.165, 1.54) is 0 Å². The number of aryl methyl sites for hydroxylation is 1. The van der Waals surface area contributed by atoms with Gasteiger partial charge in [-0.15, -0.1) is 0 Å². The highest BCUT2D eigenvalue weighted by Crippen LogP contribution is 2.32. The summed E-state index contributed by atoms with van der Waals surface area (Å²) in [5, 5.41) is 7.11. The van der Waals surface area contributed by atoms with E-state index < -0.39 is 0 Å². The summed E-state index contributed by atoms with van der Waals surface area (Å²) >= 11 is 3.43. The summed E-state index contributed by atoms with van der Waals surface area (Å²) in [6.45, 7) is 1.92. The molecule has 0 saturated heterocycles. The molecule has 0 atom stereocenters. The highest BCUT2D eigenvalue weighted by Gasteiger charge is 2.14. The van der Waals surface area contributed by atoms with E-state index >= 15 is 0 Å². The first-order valence-corrected chi connectivity index (χ1v) is 8.13. The Hall–Kier alpha value is -2.60. The van der Waals surface area contributed by atoms with E-state index in [0.29, 0.717) is 17.0 Å². The molecule has 0 aliphatic heterocycles. The van der Waals surface area contributed by atoms with Crippen LogP contribution < -0.4 is 10.1 Å². The van der Waals surface area contributed by atoms with Crippen LogP contribution in [-0.2, 0) is 0 Å². The van der Waals surface area contributed by atoms with Crippen molar-refractivity contribution >= 4 is 27.5 Å². The van der Waals surface area contributed by atoms with Crippen molar-refractivity contribution in [2.75, 3.05) is 12.4 Å². The van der Waals surface area contributed by atoms with E-state index in [-0.39, 0.29) is 5.91 Å². The molecule has 1 aromatic heterocycles. The first-order chi connectivity index (χ1) is 11.6. The largest absolute Gasteiger partial charge is 0.495 e. The van der Waals surface area contributed by atoms with E-state index in [1.54, 1.807) is 30.1 Å². The molecule has 0 aliphatic carbocycles. The van der Waals surface area contributed by atoms with Crippen LogP contribution in [0.15, 0.2) is 59.3 Å². The van der Waals surface area contributed by atoms with Crippen molar-refractivity contribution in [2.45, 2.75) is 6.92 Å². The SMILES string of the molecule is COc1cc(Br)cc(C)c1NC(=O)c1cccc(-n2cccn2)c1. The maximum Gasteiger partial charge on any atom is 0.255 e. The van der Waals surface area contributed by atoms with Gasteiger partial charge in [0.2, 0.25) is 0 Å². The Labute approximate surface area is 148 Å². The summed E-state index contributed by atoms with van der Waals surface area (Å²) in [4.78, 5) is 12.6. The van der Waals surface area contributed by atoms with Crippen LogP contribution in [0.1, 0.15) is 15.9 Å². The molecule has 0 aliphatic rings. The zero-order chi connectivity index (χ0) is 17.1. The van der Waals surface area contributed by atoms with E-state index in [0.717, 1.165) is 15.7 Å². The van der Waals surface area contributed by atoms with Gasteiger partial charge in [0.05, 0.1) is 18.5 Å². The topological polar surface area (TPSA) is 56.1 Å². The summed E-state index contributed by atoms with van der Waals surface area (Å²) in [7, 11) is 1.58.